The maximum Gasteiger partial charge on any atom is 0.301 e. The molecule has 1 amide bonds. The standard InChI is InChI=1S/C29H22FN3O5S2/c1-15-11-19-12-17(9-10-22(19)38-15)25(35)23-24(16-6-4-7-20(34)13-16)33(27(37)26(23)36)28-31-32-29(40-28)39-14-18-5-2-3-8-21(18)30/h2-10,12-13,15,24,34-35H,11,14H2,1H3/t15-,24+/m0/s1. The Balaban J connectivity index is 1.39. The molecular weight excluding hydrogens is 553 g/mol. The first-order chi connectivity index (χ1) is 19.3. The first-order valence-corrected chi connectivity index (χ1v) is 14.2. The van der Waals surface area contributed by atoms with E-state index in [0.29, 0.717) is 39.0 Å². The molecule has 0 spiro atoms. The first kappa shape index (κ1) is 26.0. The van der Waals surface area contributed by atoms with Crippen LogP contribution in [-0.2, 0) is 21.8 Å². The minimum absolute atomic E-state index is 0.00637. The van der Waals surface area contributed by atoms with Crippen molar-refractivity contribution in [2.45, 2.75) is 35.6 Å². The molecule has 2 aliphatic heterocycles. The van der Waals surface area contributed by atoms with E-state index in [9.17, 15) is 24.2 Å². The van der Waals surface area contributed by atoms with E-state index in [2.05, 4.69) is 10.2 Å². The zero-order chi connectivity index (χ0) is 28.0. The highest BCUT2D eigenvalue weighted by atomic mass is 32.2. The number of hydrogen-bond donors (Lipinski definition) is 2. The number of phenols is 1. The van der Waals surface area contributed by atoms with Gasteiger partial charge in [0.25, 0.3) is 5.78 Å². The van der Waals surface area contributed by atoms with Crippen LogP contribution in [0.2, 0.25) is 0 Å². The van der Waals surface area contributed by atoms with Crippen LogP contribution in [0.1, 0.15) is 35.2 Å². The largest absolute Gasteiger partial charge is 0.508 e. The highest BCUT2D eigenvalue weighted by Crippen LogP contribution is 2.45. The van der Waals surface area contributed by atoms with Gasteiger partial charge in [0.05, 0.1) is 11.6 Å². The molecule has 2 N–H and O–H groups in total. The molecule has 1 saturated heterocycles. The van der Waals surface area contributed by atoms with Crippen LogP contribution < -0.4 is 9.64 Å². The van der Waals surface area contributed by atoms with Crippen molar-refractivity contribution in [2.24, 2.45) is 0 Å². The number of benzene rings is 3. The van der Waals surface area contributed by atoms with Crippen molar-refractivity contribution < 1.29 is 28.9 Å². The Morgan fingerprint density at radius 2 is 1.95 bits per heavy atom. The van der Waals surface area contributed by atoms with Crippen molar-refractivity contribution in [3.63, 3.8) is 0 Å². The van der Waals surface area contributed by atoms with Crippen LogP contribution in [0.4, 0.5) is 9.52 Å². The van der Waals surface area contributed by atoms with Gasteiger partial charge in [-0.3, -0.25) is 14.5 Å². The number of phenolic OH excluding ortho intramolecular Hbond substituents is 1. The lowest BCUT2D eigenvalue weighted by Gasteiger charge is -2.22. The number of thioether (sulfide) groups is 1. The molecule has 1 fully saturated rings. The molecule has 3 heterocycles. The average molecular weight is 576 g/mol. The molecule has 202 valence electrons. The summed E-state index contributed by atoms with van der Waals surface area (Å²) in [6.45, 7) is 1.94. The van der Waals surface area contributed by atoms with Crippen molar-refractivity contribution in [1.29, 1.82) is 0 Å². The van der Waals surface area contributed by atoms with Crippen LogP contribution in [0.25, 0.3) is 5.76 Å². The fraction of sp³-hybridized carbons (Fsp3) is 0.172. The summed E-state index contributed by atoms with van der Waals surface area (Å²) < 4.78 is 20.3. The lowest BCUT2D eigenvalue weighted by Crippen LogP contribution is -2.29. The van der Waals surface area contributed by atoms with Crippen LogP contribution in [0, 0.1) is 5.82 Å². The van der Waals surface area contributed by atoms with Gasteiger partial charge in [0, 0.05) is 17.7 Å². The molecule has 2 atom stereocenters. The van der Waals surface area contributed by atoms with Crippen molar-refractivity contribution in [1.82, 2.24) is 10.2 Å². The molecule has 0 saturated carbocycles. The Morgan fingerprint density at radius 3 is 2.75 bits per heavy atom. The Labute approximate surface area is 236 Å². The number of halogens is 1. The summed E-state index contributed by atoms with van der Waals surface area (Å²) in [5.41, 5.74) is 2.05. The second kappa shape index (κ2) is 10.4. The number of carbonyl (C=O) groups excluding carboxylic acids is 2. The van der Waals surface area contributed by atoms with Gasteiger partial charge in [0.1, 0.15) is 29.2 Å². The van der Waals surface area contributed by atoms with Gasteiger partial charge >= 0.3 is 5.91 Å². The number of fused-ring (bicyclic) bond motifs is 1. The van der Waals surface area contributed by atoms with Gasteiger partial charge in [-0.1, -0.05) is 53.4 Å². The second-order valence-electron chi connectivity index (χ2n) is 9.45. The summed E-state index contributed by atoms with van der Waals surface area (Å²) >= 11 is 2.33. The Hall–Kier alpha value is -4.22. The number of aliphatic hydroxyl groups is 1. The van der Waals surface area contributed by atoms with E-state index in [4.69, 9.17) is 4.74 Å². The minimum Gasteiger partial charge on any atom is -0.508 e. The van der Waals surface area contributed by atoms with E-state index in [1.54, 1.807) is 48.5 Å². The predicted octanol–water partition coefficient (Wildman–Crippen LogP) is 5.62. The summed E-state index contributed by atoms with van der Waals surface area (Å²) in [7, 11) is 0. The van der Waals surface area contributed by atoms with E-state index in [-0.39, 0.29) is 34.1 Å². The van der Waals surface area contributed by atoms with Gasteiger partial charge in [-0.15, -0.1) is 10.2 Å². The smallest absolute Gasteiger partial charge is 0.301 e. The average Bonchev–Trinajstić information content (AvgIpc) is 3.63. The number of ketones is 1. The van der Waals surface area contributed by atoms with Gasteiger partial charge in [-0.05, 0) is 60.0 Å². The highest BCUT2D eigenvalue weighted by molar-refractivity contribution is 8.00. The van der Waals surface area contributed by atoms with E-state index in [1.807, 2.05) is 6.92 Å². The van der Waals surface area contributed by atoms with Crippen molar-refractivity contribution in [3.05, 3.63) is 100 Å². The van der Waals surface area contributed by atoms with E-state index in [0.717, 1.165) is 16.9 Å². The number of aromatic hydroxyl groups is 1. The normalized spacial score (nSPS) is 19.6. The molecule has 1 aromatic heterocycles. The maximum absolute atomic E-state index is 14.1. The number of anilines is 1. The third-order valence-corrected chi connectivity index (χ3v) is 8.82. The molecule has 40 heavy (non-hydrogen) atoms. The van der Waals surface area contributed by atoms with Crippen LogP contribution in [0.3, 0.4) is 0 Å². The molecule has 8 nitrogen and oxygen atoms in total. The summed E-state index contributed by atoms with van der Waals surface area (Å²) in [6.07, 6.45) is 0.645. The molecule has 4 aromatic rings. The highest BCUT2D eigenvalue weighted by Gasteiger charge is 2.48. The molecule has 0 radical (unpaired) electrons. The Kier molecular flexibility index (Phi) is 6.77. The molecule has 3 aromatic carbocycles. The molecular formula is C29H22FN3O5S2. The molecule has 6 rings (SSSR count). The van der Waals surface area contributed by atoms with Gasteiger partial charge in [0.2, 0.25) is 5.13 Å². The zero-order valence-electron chi connectivity index (χ0n) is 21.1. The van der Waals surface area contributed by atoms with Crippen molar-refractivity contribution in [2.75, 3.05) is 4.90 Å². The quantitative estimate of drug-likeness (QED) is 0.100. The number of nitrogens with zero attached hydrogens (tertiary/aromatic N) is 3. The number of aliphatic hydroxyl groups excluding tert-OH is 1. The summed E-state index contributed by atoms with van der Waals surface area (Å²) in [6, 6.07) is 16.6. The first-order valence-electron chi connectivity index (χ1n) is 12.4. The van der Waals surface area contributed by atoms with Crippen molar-refractivity contribution in [3.8, 4) is 11.5 Å². The van der Waals surface area contributed by atoms with E-state index in [1.165, 1.54) is 34.9 Å². The third-order valence-electron chi connectivity index (χ3n) is 6.71. The van der Waals surface area contributed by atoms with E-state index >= 15 is 0 Å². The number of carbonyl (C=O) groups is 2. The second-order valence-corrected chi connectivity index (χ2v) is 11.6. The molecule has 0 bridgehead atoms. The summed E-state index contributed by atoms with van der Waals surface area (Å²) in [4.78, 5) is 28.0. The monoisotopic (exact) mass is 575 g/mol. The Bertz CT molecular complexity index is 1690. The molecule has 2 aliphatic rings. The lowest BCUT2D eigenvalue weighted by atomic mass is 9.94. The number of Topliss-reactive ketones (excluding diaryl/α,β-unsaturated/α-hetero) is 1. The topological polar surface area (TPSA) is 113 Å². The van der Waals surface area contributed by atoms with Gasteiger partial charge in [-0.25, -0.2) is 4.39 Å². The zero-order valence-corrected chi connectivity index (χ0v) is 22.7. The van der Waals surface area contributed by atoms with Gasteiger partial charge in [0.15, 0.2) is 4.34 Å². The SMILES string of the molecule is C[C@H]1Cc2cc(C(O)=C3C(=O)C(=O)N(c4nnc(SCc5ccccc5F)s4)[C@@H]3c3cccc(O)c3)ccc2O1. The number of aromatic nitrogens is 2. The Morgan fingerprint density at radius 1 is 1.12 bits per heavy atom. The fourth-order valence-corrected chi connectivity index (χ4v) is 6.73. The van der Waals surface area contributed by atoms with Crippen molar-refractivity contribution >= 4 is 45.7 Å². The number of ether oxygens (including phenoxy) is 1. The molecule has 0 aliphatic carbocycles. The fourth-order valence-electron chi connectivity index (χ4n) is 4.88. The number of amides is 1. The number of hydrogen-bond acceptors (Lipinski definition) is 9. The van der Waals surface area contributed by atoms with Gasteiger partial charge < -0.3 is 14.9 Å². The van der Waals surface area contributed by atoms with Gasteiger partial charge in [-0.2, -0.15) is 0 Å². The molecule has 11 heteroatoms. The molecule has 0 unspecified atom stereocenters. The maximum atomic E-state index is 14.1. The summed E-state index contributed by atoms with van der Waals surface area (Å²) in [5.74, 6) is -1.48. The van der Waals surface area contributed by atoms with Crippen LogP contribution in [0.5, 0.6) is 11.5 Å². The minimum atomic E-state index is -1.06. The van der Waals surface area contributed by atoms with E-state index < -0.39 is 17.7 Å². The van der Waals surface area contributed by atoms with Crippen LogP contribution in [-0.4, -0.2) is 38.2 Å². The van der Waals surface area contributed by atoms with Crippen LogP contribution in [0.15, 0.2) is 76.6 Å². The lowest BCUT2D eigenvalue weighted by molar-refractivity contribution is -0.132. The predicted molar refractivity (Wildman–Crippen MR) is 149 cm³/mol. The summed E-state index contributed by atoms with van der Waals surface area (Å²) in [5, 5.41) is 30.1. The third kappa shape index (κ3) is 4.71. The van der Waals surface area contributed by atoms with Crippen LogP contribution >= 0.6 is 23.1 Å². The number of rotatable bonds is 6.